The standard InChI is InChI=1S/C20H23N3O4/c1-13-5-4-8-23(12-13)17-7-6-15(9-14(17)10-21)22-11-16-18(24)26-20(2,3)27-19(16)25/h6-7,9,11,13,22H,4-5,8,12H2,1-3H3. The molecule has 1 atom stereocenters. The SMILES string of the molecule is CC1CCCN(c2ccc(NC=C3C(=O)OC(C)(C)OC3=O)cc2C#N)C1. The summed E-state index contributed by atoms with van der Waals surface area (Å²) in [7, 11) is 0. The zero-order chi connectivity index (χ0) is 19.6. The second-order valence-corrected chi connectivity index (χ2v) is 7.42. The summed E-state index contributed by atoms with van der Waals surface area (Å²) in [5.74, 6) is -2.17. The third-order valence-corrected chi connectivity index (χ3v) is 4.61. The van der Waals surface area contributed by atoms with Crippen LogP contribution in [0.5, 0.6) is 0 Å². The number of rotatable bonds is 3. The average Bonchev–Trinajstić information content (AvgIpc) is 2.59. The minimum Gasteiger partial charge on any atom is -0.419 e. The number of piperidine rings is 1. The van der Waals surface area contributed by atoms with Gasteiger partial charge in [0.25, 0.3) is 5.79 Å². The Labute approximate surface area is 158 Å². The number of benzene rings is 1. The van der Waals surface area contributed by atoms with Crippen LogP contribution in [-0.4, -0.2) is 30.8 Å². The Balaban J connectivity index is 1.77. The highest BCUT2D eigenvalue weighted by Crippen LogP contribution is 2.28. The lowest BCUT2D eigenvalue weighted by atomic mass is 9.99. The molecule has 0 spiro atoms. The van der Waals surface area contributed by atoms with Crippen LogP contribution < -0.4 is 10.2 Å². The molecular formula is C20H23N3O4. The first kappa shape index (κ1) is 18.8. The summed E-state index contributed by atoms with van der Waals surface area (Å²) in [4.78, 5) is 26.2. The van der Waals surface area contributed by atoms with Crippen molar-refractivity contribution in [3.05, 3.63) is 35.5 Å². The number of nitrogens with zero attached hydrogens (tertiary/aromatic N) is 2. The largest absolute Gasteiger partial charge is 0.419 e. The fraction of sp³-hybridized carbons (Fsp3) is 0.450. The van der Waals surface area contributed by atoms with E-state index in [4.69, 9.17) is 9.47 Å². The molecular weight excluding hydrogens is 346 g/mol. The number of nitrogens with one attached hydrogen (secondary N) is 1. The van der Waals surface area contributed by atoms with Gasteiger partial charge in [-0.15, -0.1) is 0 Å². The van der Waals surface area contributed by atoms with Crippen LogP contribution in [-0.2, 0) is 19.1 Å². The molecule has 1 unspecified atom stereocenters. The van der Waals surface area contributed by atoms with Crippen LogP contribution >= 0.6 is 0 Å². The predicted octanol–water partition coefficient (Wildman–Crippen LogP) is 2.93. The predicted molar refractivity (Wildman–Crippen MR) is 99.7 cm³/mol. The summed E-state index contributed by atoms with van der Waals surface area (Å²) < 4.78 is 10.1. The zero-order valence-corrected chi connectivity index (χ0v) is 15.7. The highest BCUT2D eigenvalue weighted by Gasteiger charge is 2.38. The van der Waals surface area contributed by atoms with Crippen LogP contribution in [0.25, 0.3) is 0 Å². The molecule has 0 bridgehead atoms. The van der Waals surface area contributed by atoms with Gasteiger partial charge in [-0.1, -0.05) is 6.92 Å². The highest BCUT2D eigenvalue weighted by atomic mass is 16.7. The summed E-state index contributed by atoms with van der Waals surface area (Å²) in [6.07, 6.45) is 3.56. The summed E-state index contributed by atoms with van der Waals surface area (Å²) >= 11 is 0. The van der Waals surface area contributed by atoms with Gasteiger partial charge in [0.15, 0.2) is 5.57 Å². The first-order chi connectivity index (χ1) is 12.8. The van der Waals surface area contributed by atoms with E-state index >= 15 is 0 Å². The van der Waals surface area contributed by atoms with E-state index in [1.165, 1.54) is 26.5 Å². The van der Waals surface area contributed by atoms with Gasteiger partial charge >= 0.3 is 11.9 Å². The van der Waals surface area contributed by atoms with E-state index in [0.717, 1.165) is 25.2 Å². The van der Waals surface area contributed by atoms with Gasteiger partial charge in [0, 0.05) is 38.8 Å². The second-order valence-electron chi connectivity index (χ2n) is 7.42. The van der Waals surface area contributed by atoms with Crippen LogP contribution in [0.1, 0.15) is 39.2 Å². The van der Waals surface area contributed by atoms with Crippen molar-refractivity contribution < 1.29 is 19.1 Å². The van der Waals surface area contributed by atoms with Crippen molar-refractivity contribution in [3.63, 3.8) is 0 Å². The van der Waals surface area contributed by atoms with Gasteiger partial charge in [-0.25, -0.2) is 9.59 Å². The summed E-state index contributed by atoms with van der Waals surface area (Å²) in [5, 5.41) is 12.4. The number of nitriles is 1. The maximum atomic E-state index is 12.0. The van der Waals surface area contributed by atoms with Crippen molar-refractivity contribution >= 4 is 23.3 Å². The molecule has 0 radical (unpaired) electrons. The lowest BCUT2D eigenvalue weighted by Crippen LogP contribution is -2.42. The van der Waals surface area contributed by atoms with E-state index in [1.807, 2.05) is 12.1 Å². The maximum absolute atomic E-state index is 12.0. The molecule has 1 aromatic carbocycles. The van der Waals surface area contributed by atoms with Gasteiger partial charge in [-0.05, 0) is 37.0 Å². The van der Waals surface area contributed by atoms with Crippen LogP contribution in [0.4, 0.5) is 11.4 Å². The quantitative estimate of drug-likeness (QED) is 0.497. The highest BCUT2D eigenvalue weighted by molar-refractivity contribution is 6.15. The summed E-state index contributed by atoms with van der Waals surface area (Å²) in [5.41, 5.74) is 1.82. The van der Waals surface area contributed by atoms with Crippen LogP contribution in [0, 0.1) is 17.2 Å². The molecule has 2 fully saturated rings. The molecule has 0 aliphatic carbocycles. The number of carbonyl (C=O) groups excluding carboxylic acids is 2. The Morgan fingerprint density at radius 2 is 2.00 bits per heavy atom. The fourth-order valence-electron chi connectivity index (χ4n) is 3.33. The van der Waals surface area contributed by atoms with Crippen molar-refractivity contribution in [2.24, 2.45) is 5.92 Å². The van der Waals surface area contributed by atoms with E-state index in [0.29, 0.717) is 17.2 Å². The third kappa shape index (κ3) is 4.22. The van der Waals surface area contributed by atoms with Gasteiger partial charge in [-0.2, -0.15) is 5.26 Å². The molecule has 27 heavy (non-hydrogen) atoms. The zero-order valence-electron chi connectivity index (χ0n) is 15.7. The van der Waals surface area contributed by atoms with Gasteiger partial charge in [-0.3, -0.25) is 0 Å². The fourth-order valence-corrected chi connectivity index (χ4v) is 3.33. The molecule has 3 rings (SSSR count). The molecule has 0 saturated carbocycles. The lowest BCUT2D eigenvalue weighted by molar-refractivity contribution is -0.222. The van der Waals surface area contributed by atoms with Crippen LogP contribution in [0.2, 0.25) is 0 Å². The molecule has 2 heterocycles. The molecule has 1 aromatic rings. The first-order valence-corrected chi connectivity index (χ1v) is 9.01. The minimum atomic E-state index is -1.27. The number of carbonyl (C=O) groups is 2. The Morgan fingerprint density at radius 3 is 2.63 bits per heavy atom. The Kier molecular flexibility index (Phi) is 5.08. The van der Waals surface area contributed by atoms with Gasteiger partial charge in [0.1, 0.15) is 6.07 Å². The van der Waals surface area contributed by atoms with E-state index in [-0.39, 0.29) is 5.57 Å². The number of ether oxygens (including phenoxy) is 2. The third-order valence-electron chi connectivity index (χ3n) is 4.61. The van der Waals surface area contributed by atoms with E-state index in [1.54, 1.807) is 6.07 Å². The molecule has 0 amide bonds. The second kappa shape index (κ2) is 7.31. The molecule has 7 heteroatoms. The molecule has 2 saturated heterocycles. The Hall–Kier alpha value is -3.01. The number of anilines is 2. The number of esters is 2. The molecule has 1 N–H and O–H groups in total. The monoisotopic (exact) mass is 369 g/mol. The van der Waals surface area contributed by atoms with Crippen molar-refractivity contribution in [1.29, 1.82) is 5.26 Å². The summed E-state index contributed by atoms with van der Waals surface area (Å²) in [6.45, 7) is 7.06. The van der Waals surface area contributed by atoms with E-state index < -0.39 is 17.7 Å². The van der Waals surface area contributed by atoms with E-state index in [9.17, 15) is 14.9 Å². The molecule has 2 aliphatic heterocycles. The van der Waals surface area contributed by atoms with Gasteiger partial charge in [0.2, 0.25) is 0 Å². The first-order valence-electron chi connectivity index (χ1n) is 9.01. The topological polar surface area (TPSA) is 91.7 Å². The van der Waals surface area contributed by atoms with Crippen molar-refractivity contribution in [1.82, 2.24) is 0 Å². The summed E-state index contributed by atoms with van der Waals surface area (Å²) in [6, 6.07) is 7.63. The number of hydrogen-bond acceptors (Lipinski definition) is 7. The van der Waals surface area contributed by atoms with E-state index in [2.05, 4.69) is 23.2 Å². The molecule has 2 aliphatic rings. The normalized spacial score (nSPS) is 21.8. The van der Waals surface area contributed by atoms with Crippen LogP contribution in [0.15, 0.2) is 30.0 Å². The Morgan fingerprint density at radius 1 is 1.30 bits per heavy atom. The van der Waals surface area contributed by atoms with Gasteiger partial charge < -0.3 is 19.7 Å². The van der Waals surface area contributed by atoms with Crippen molar-refractivity contribution in [2.45, 2.75) is 39.4 Å². The molecule has 7 nitrogen and oxygen atoms in total. The average molecular weight is 369 g/mol. The molecule has 0 aromatic heterocycles. The Bertz CT molecular complexity index is 816. The van der Waals surface area contributed by atoms with Crippen LogP contribution in [0.3, 0.4) is 0 Å². The number of cyclic esters (lactones) is 2. The minimum absolute atomic E-state index is 0.221. The smallest absolute Gasteiger partial charge is 0.350 e. The van der Waals surface area contributed by atoms with Crippen molar-refractivity contribution in [2.75, 3.05) is 23.3 Å². The lowest BCUT2D eigenvalue weighted by Gasteiger charge is -2.33. The van der Waals surface area contributed by atoms with Gasteiger partial charge in [0.05, 0.1) is 11.3 Å². The maximum Gasteiger partial charge on any atom is 0.350 e. The van der Waals surface area contributed by atoms with Crippen molar-refractivity contribution in [3.8, 4) is 6.07 Å². The number of hydrogen-bond donors (Lipinski definition) is 1. The molecule has 142 valence electrons.